The number of carbonyl (C=O) groups is 1. The fourth-order valence-corrected chi connectivity index (χ4v) is 3.12. The number of carbonyl (C=O) groups excluding carboxylic acids is 1. The second kappa shape index (κ2) is 5.62. The number of benzene rings is 1. The summed E-state index contributed by atoms with van der Waals surface area (Å²) < 4.78 is 5.76. The summed E-state index contributed by atoms with van der Waals surface area (Å²) in [5.41, 5.74) is 3.05. The molecule has 1 fully saturated rings. The predicted molar refractivity (Wildman–Crippen MR) is 79.1 cm³/mol. The van der Waals surface area contributed by atoms with E-state index in [1.165, 1.54) is 6.42 Å². The molecular formula is C15H19ClN2O2. The maximum Gasteiger partial charge on any atom is 0.321 e. The Hall–Kier alpha value is -1.26. The fourth-order valence-electron chi connectivity index (χ4n) is 2.79. The maximum atomic E-state index is 11.6. The van der Waals surface area contributed by atoms with Gasteiger partial charge in [0.05, 0.1) is 11.5 Å². The minimum Gasteiger partial charge on any atom is -0.376 e. The number of hydrogen-bond donors (Lipinski definition) is 1. The van der Waals surface area contributed by atoms with Gasteiger partial charge in [0.2, 0.25) is 0 Å². The Morgan fingerprint density at radius 2 is 2.30 bits per heavy atom. The molecule has 1 aromatic carbocycles. The molecule has 1 saturated heterocycles. The molecular weight excluding hydrogens is 276 g/mol. The van der Waals surface area contributed by atoms with Crippen LogP contribution in [-0.2, 0) is 11.3 Å². The monoisotopic (exact) mass is 294 g/mol. The second-order valence-electron chi connectivity index (χ2n) is 5.51. The number of rotatable bonds is 2. The lowest BCUT2D eigenvalue weighted by Crippen LogP contribution is -2.35. The van der Waals surface area contributed by atoms with Gasteiger partial charge in [0, 0.05) is 25.9 Å². The van der Waals surface area contributed by atoms with Gasteiger partial charge < -0.3 is 15.0 Å². The lowest BCUT2D eigenvalue weighted by Gasteiger charge is -2.29. The number of nitrogens with zero attached hydrogens (tertiary/aromatic N) is 1. The Kier molecular flexibility index (Phi) is 3.85. The van der Waals surface area contributed by atoms with Crippen molar-refractivity contribution in [1.29, 1.82) is 0 Å². The van der Waals surface area contributed by atoms with Crippen molar-refractivity contribution in [1.82, 2.24) is 4.90 Å². The zero-order valence-electron chi connectivity index (χ0n) is 11.6. The van der Waals surface area contributed by atoms with E-state index >= 15 is 0 Å². The molecule has 4 nitrogen and oxygen atoms in total. The number of hydrogen-bond acceptors (Lipinski definition) is 2. The standard InChI is InChI=1S/C15H19ClN2O2/c1-18-9-11-8-10(5-6-12(11)17-15(18)19)14(16)13-4-2-3-7-20-13/h5-6,8,13-14H,2-4,7,9H2,1H3,(H,17,19). The first kappa shape index (κ1) is 13.7. The quantitative estimate of drug-likeness (QED) is 0.848. The summed E-state index contributed by atoms with van der Waals surface area (Å²) in [6.07, 6.45) is 3.42. The van der Waals surface area contributed by atoms with Crippen LogP contribution in [0.1, 0.15) is 35.8 Å². The van der Waals surface area contributed by atoms with Crippen molar-refractivity contribution < 1.29 is 9.53 Å². The van der Waals surface area contributed by atoms with E-state index in [9.17, 15) is 4.79 Å². The molecule has 0 aromatic heterocycles. The third kappa shape index (κ3) is 2.63. The summed E-state index contributed by atoms with van der Waals surface area (Å²) >= 11 is 6.57. The first-order valence-electron chi connectivity index (χ1n) is 7.06. The van der Waals surface area contributed by atoms with E-state index in [1.807, 2.05) is 12.1 Å². The molecule has 2 unspecified atom stereocenters. The van der Waals surface area contributed by atoms with Crippen LogP contribution in [-0.4, -0.2) is 30.7 Å². The minimum atomic E-state index is -0.122. The Labute approximate surface area is 124 Å². The molecule has 3 rings (SSSR count). The van der Waals surface area contributed by atoms with Crippen LogP contribution in [0.15, 0.2) is 18.2 Å². The molecule has 0 saturated carbocycles. The predicted octanol–water partition coefficient (Wildman–Crippen LogP) is 3.51. The SMILES string of the molecule is CN1Cc2cc(C(Cl)C3CCCCO3)ccc2NC1=O. The van der Waals surface area contributed by atoms with Crippen LogP contribution in [0.25, 0.3) is 0 Å². The number of urea groups is 1. The van der Waals surface area contributed by atoms with Crippen LogP contribution in [0, 0.1) is 0 Å². The zero-order chi connectivity index (χ0) is 14.1. The van der Waals surface area contributed by atoms with Crippen LogP contribution in [0.5, 0.6) is 0 Å². The number of halogens is 1. The third-order valence-corrected chi connectivity index (χ3v) is 4.52. The molecule has 2 amide bonds. The Morgan fingerprint density at radius 1 is 1.45 bits per heavy atom. The molecule has 2 heterocycles. The summed E-state index contributed by atoms with van der Waals surface area (Å²) in [4.78, 5) is 13.3. The highest BCUT2D eigenvalue weighted by molar-refractivity contribution is 6.21. The van der Waals surface area contributed by atoms with Gasteiger partial charge in [-0.3, -0.25) is 0 Å². The van der Waals surface area contributed by atoms with Crippen LogP contribution >= 0.6 is 11.6 Å². The summed E-state index contributed by atoms with van der Waals surface area (Å²) in [7, 11) is 1.79. The lowest BCUT2D eigenvalue weighted by atomic mass is 9.98. The van der Waals surface area contributed by atoms with E-state index in [1.54, 1.807) is 11.9 Å². The molecule has 0 bridgehead atoms. The van der Waals surface area contributed by atoms with Crippen LogP contribution < -0.4 is 5.32 Å². The highest BCUT2D eigenvalue weighted by Gasteiger charge is 2.26. The molecule has 0 radical (unpaired) electrons. The van der Waals surface area contributed by atoms with E-state index in [-0.39, 0.29) is 17.5 Å². The maximum absolute atomic E-state index is 11.6. The van der Waals surface area contributed by atoms with Gasteiger partial charge in [0.25, 0.3) is 0 Å². The van der Waals surface area contributed by atoms with Crippen molar-refractivity contribution in [2.45, 2.75) is 37.3 Å². The number of amides is 2. The number of anilines is 1. The molecule has 20 heavy (non-hydrogen) atoms. The lowest BCUT2D eigenvalue weighted by molar-refractivity contribution is 0.0135. The van der Waals surface area contributed by atoms with E-state index in [0.717, 1.165) is 36.3 Å². The Morgan fingerprint density at radius 3 is 3.05 bits per heavy atom. The molecule has 1 N–H and O–H groups in total. The van der Waals surface area contributed by atoms with Gasteiger partial charge in [-0.1, -0.05) is 12.1 Å². The summed E-state index contributed by atoms with van der Waals surface area (Å²) in [5, 5.41) is 2.75. The van der Waals surface area contributed by atoms with E-state index in [0.29, 0.717) is 6.54 Å². The van der Waals surface area contributed by atoms with Gasteiger partial charge in [-0.05, 0) is 36.5 Å². The average molecular weight is 295 g/mol. The molecule has 1 aromatic rings. The second-order valence-corrected chi connectivity index (χ2v) is 5.98. The van der Waals surface area contributed by atoms with E-state index in [4.69, 9.17) is 16.3 Å². The third-order valence-electron chi connectivity index (χ3n) is 3.98. The van der Waals surface area contributed by atoms with Crippen molar-refractivity contribution in [3.05, 3.63) is 29.3 Å². The summed E-state index contributed by atoms with van der Waals surface area (Å²) in [5.74, 6) is 0. The highest BCUT2D eigenvalue weighted by atomic mass is 35.5. The zero-order valence-corrected chi connectivity index (χ0v) is 12.3. The van der Waals surface area contributed by atoms with Gasteiger partial charge >= 0.3 is 6.03 Å². The van der Waals surface area contributed by atoms with Crippen molar-refractivity contribution in [2.75, 3.05) is 19.0 Å². The van der Waals surface area contributed by atoms with Gasteiger partial charge in [0.15, 0.2) is 0 Å². The van der Waals surface area contributed by atoms with Crippen LogP contribution in [0.2, 0.25) is 0 Å². The Balaban J connectivity index is 1.81. The van der Waals surface area contributed by atoms with Crippen LogP contribution in [0.4, 0.5) is 10.5 Å². The first-order valence-corrected chi connectivity index (χ1v) is 7.49. The van der Waals surface area contributed by atoms with Crippen molar-refractivity contribution >= 4 is 23.3 Å². The average Bonchev–Trinajstić information content (AvgIpc) is 2.48. The number of nitrogens with one attached hydrogen (secondary N) is 1. The number of fused-ring (bicyclic) bond motifs is 1. The summed E-state index contributed by atoms with van der Waals surface area (Å²) in [6, 6.07) is 5.94. The molecule has 2 atom stereocenters. The van der Waals surface area contributed by atoms with Crippen molar-refractivity contribution in [3.8, 4) is 0 Å². The van der Waals surface area contributed by atoms with E-state index < -0.39 is 0 Å². The molecule has 0 aliphatic carbocycles. The minimum absolute atomic E-state index is 0.0664. The Bertz CT molecular complexity index is 515. The fraction of sp³-hybridized carbons (Fsp3) is 0.533. The normalized spacial score (nSPS) is 24.0. The van der Waals surface area contributed by atoms with Gasteiger partial charge in [-0.2, -0.15) is 0 Å². The van der Waals surface area contributed by atoms with Crippen molar-refractivity contribution in [2.24, 2.45) is 0 Å². The molecule has 2 aliphatic heterocycles. The first-order chi connectivity index (χ1) is 9.65. The highest BCUT2D eigenvalue weighted by Crippen LogP contribution is 2.34. The van der Waals surface area contributed by atoms with Gasteiger partial charge in [-0.15, -0.1) is 11.6 Å². The number of ether oxygens (including phenoxy) is 1. The molecule has 108 valence electrons. The topological polar surface area (TPSA) is 41.6 Å². The largest absolute Gasteiger partial charge is 0.376 e. The molecule has 2 aliphatic rings. The van der Waals surface area contributed by atoms with Crippen molar-refractivity contribution in [3.63, 3.8) is 0 Å². The van der Waals surface area contributed by atoms with Gasteiger partial charge in [0.1, 0.15) is 0 Å². The smallest absolute Gasteiger partial charge is 0.321 e. The number of alkyl halides is 1. The molecule has 0 spiro atoms. The van der Waals surface area contributed by atoms with Crippen LogP contribution in [0.3, 0.4) is 0 Å². The van der Waals surface area contributed by atoms with Gasteiger partial charge in [-0.25, -0.2) is 4.79 Å². The molecule has 5 heteroatoms. The van der Waals surface area contributed by atoms with E-state index in [2.05, 4.69) is 11.4 Å². The summed E-state index contributed by atoms with van der Waals surface area (Å²) in [6.45, 7) is 1.42.